The summed E-state index contributed by atoms with van der Waals surface area (Å²) in [7, 11) is 0. The van der Waals surface area contributed by atoms with Crippen molar-refractivity contribution in [1.29, 1.82) is 0 Å². The topological polar surface area (TPSA) is 86.0 Å². The SMILES string of the molecule is [NH-]C(=O)Nc1nc2ccc(CO)cc2s1.[Y]. The van der Waals surface area contributed by atoms with E-state index < -0.39 is 6.03 Å². The van der Waals surface area contributed by atoms with E-state index in [9.17, 15) is 4.79 Å². The van der Waals surface area contributed by atoms with Gasteiger partial charge in [0.2, 0.25) is 0 Å². The van der Waals surface area contributed by atoms with Crippen molar-refractivity contribution in [1.82, 2.24) is 4.98 Å². The molecule has 0 atom stereocenters. The summed E-state index contributed by atoms with van der Waals surface area (Å²) in [4.78, 5) is 14.6. The maximum atomic E-state index is 10.5. The van der Waals surface area contributed by atoms with Gasteiger partial charge < -0.3 is 16.2 Å². The molecule has 0 fully saturated rings. The third-order valence-electron chi connectivity index (χ3n) is 1.86. The van der Waals surface area contributed by atoms with Crippen LogP contribution in [0.25, 0.3) is 16.0 Å². The molecule has 81 valence electrons. The molecule has 2 amide bonds. The zero-order valence-corrected chi connectivity index (χ0v) is 11.9. The van der Waals surface area contributed by atoms with Crippen LogP contribution in [-0.4, -0.2) is 16.1 Å². The number of fused-ring (bicyclic) bond motifs is 1. The molecule has 0 aliphatic rings. The second-order valence-corrected chi connectivity index (χ2v) is 3.96. The van der Waals surface area contributed by atoms with Crippen LogP contribution in [0.5, 0.6) is 0 Å². The maximum absolute atomic E-state index is 10.5. The normalized spacial score (nSPS) is 9.81. The van der Waals surface area contributed by atoms with Crippen molar-refractivity contribution < 1.29 is 42.6 Å². The Labute approximate surface area is 121 Å². The number of rotatable bonds is 2. The number of thiazole rings is 1. The molecule has 1 aromatic carbocycles. The minimum absolute atomic E-state index is 0. The number of carbonyl (C=O) groups is 1. The zero-order valence-electron chi connectivity index (χ0n) is 8.23. The molecule has 1 radical (unpaired) electrons. The van der Waals surface area contributed by atoms with Gasteiger partial charge in [0.15, 0.2) is 6.03 Å². The molecule has 3 N–H and O–H groups in total. The monoisotopic (exact) mass is 311 g/mol. The van der Waals surface area contributed by atoms with E-state index >= 15 is 0 Å². The Balaban J connectivity index is 0.00000128. The Morgan fingerprint density at radius 1 is 1.56 bits per heavy atom. The molecule has 0 saturated carbocycles. The first-order chi connectivity index (χ1) is 7.19. The van der Waals surface area contributed by atoms with Crippen LogP contribution in [0.15, 0.2) is 18.2 Å². The fourth-order valence-corrected chi connectivity index (χ4v) is 2.14. The minimum atomic E-state index is -0.878. The van der Waals surface area contributed by atoms with Crippen LogP contribution in [0.1, 0.15) is 5.56 Å². The molecule has 2 aromatic rings. The first kappa shape index (κ1) is 13.5. The number of aromatic nitrogens is 1. The first-order valence-electron chi connectivity index (χ1n) is 4.22. The average Bonchev–Trinajstić information content (AvgIpc) is 2.57. The minimum Gasteiger partial charge on any atom is -0.447 e. The zero-order chi connectivity index (χ0) is 10.8. The summed E-state index contributed by atoms with van der Waals surface area (Å²) in [6.45, 7) is -0.0199. The van der Waals surface area contributed by atoms with Crippen molar-refractivity contribution in [3.63, 3.8) is 0 Å². The van der Waals surface area contributed by atoms with E-state index in [1.54, 1.807) is 12.1 Å². The molecule has 0 aliphatic carbocycles. The molecular weight excluding hydrogens is 303 g/mol. The average molecular weight is 311 g/mol. The standard InChI is InChI=1S/C9H9N3O2S.Y/c10-8(14)12-9-11-6-2-1-5(4-13)3-7(6)15-9;/h1-3,13H,4H2,(H3,10,11,12,14);/p-1. The first-order valence-corrected chi connectivity index (χ1v) is 5.03. The van der Waals surface area contributed by atoms with Gasteiger partial charge in [-0.2, -0.15) is 0 Å². The third-order valence-corrected chi connectivity index (χ3v) is 2.79. The predicted molar refractivity (Wildman–Crippen MR) is 58.9 cm³/mol. The Kier molecular flexibility index (Phi) is 4.79. The Morgan fingerprint density at radius 3 is 2.94 bits per heavy atom. The van der Waals surface area contributed by atoms with Crippen molar-refractivity contribution in [2.45, 2.75) is 6.61 Å². The van der Waals surface area contributed by atoms with Gasteiger partial charge in [-0.1, -0.05) is 6.07 Å². The number of aliphatic hydroxyl groups is 1. The van der Waals surface area contributed by atoms with Crippen LogP contribution < -0.4 is 5.32 Å². The number of urea groups is 1. The number of hydrogen-bond donors (Lipinski definition) is 2. The van der Waals surface area contributed by atoms with Gasteiger partial charge in [0.25, 0.3) is 0 Å². The van der Waals surface area contributed by atoms with E-state index in [4.69, 9.17) is 10.8 Å². The Morgan fingerprint density at radius 2 is 2.31 bits per heavy atom. The summed E-state index contributed by atoms with van der Waals surface area (Å²) in [6.07, 6.45) is 0. The van der Waals surface area contributed by atoms with Crippen LogP contribution in [0, 0.1) is 0 Å². The summed E-state index contributed by atoms with van der Waals surface area (Å²) in [5, 5.41) is 11.6. The van der Waals surface area contributed by atoms with Crippen molar-refractivity contribution >= 4 is 32.7 Å². The largest absolute Gasteiger partial charge is 0.447 e. The molecule has 1 aromatic heterocycles. The van der Waals surface area contributed by atoms with E-state index in [-0.39, 0.29) is 39.3 Å². The molecule has 0 bridgehead atoms. The van der Waals surface area contributed by atoms with Gasteiger partial charge in [0.05, 0.1) is 16.8 Å². The van der Waals surface area contributed by atoms with Gasteiger partial charge in [-0.25, -0.2) is 4.98 Å². The van der Waals surface area contributed by atoms with E-state index in [0.29, 0.717) is 5.13 Å². The van der Waals surface area contributed by atoms with E-state index in [2.05, 4.69) is 10.3 Å². The van der Waals surface area contributed by atoms with Crippen molar-refractivity contribution in [2.24, 2.45) is 0 Å². The fraction of sp³-hybridized carbons (Fsp3) is 0.111. The number of nitrogens with zero attached hydrogens (tertiary/aromatic N) is 1. The van der Waals surface area contributed by atoms with E-state index in [0.717, 1.165) is 15.8 Å². The maximum Gasteiger partial charge on any atom is 0.155 e. The van der Waals surface area contributed by atoms with Gasteiger partial charge >= 0.3 is 0 Å². The molecule has 0 unspecified atom stereocenters. The molecule has 2 rings (SSSR count). The van der Waals surface area contributed by atoms with Crippen molar-refractivity contribution in [3.8, 4) is 0 Å². The van der Waals surface area contributed by atoms with Crippen LogP contribution in [0.2, 0.25) is 0 Å². The molecular formula is C9H8N3O2SY-. The van der Waals surface area contributed by atoms with Crippen molar-refractivity contribution in [2.75, 3.05) is 5.32 Å². The molecule has 1 heterocycles. The number of benzene rings is 1. The van der Waals surface area contributed by atoms with Gasteiger partial charge in [-0.15, -0.1) is 11.3 Å². The van der Waals surface area contributed by atoms with Gasteiger partial charge in [-0.05, 0) is 17.7 Å². The molecule has 7 heteroatoms. The fourth-order valence-electron chi connectivity index (χ4n) is 1.22. The predicted octanol–water partition coefficient (Wildman–Crippen LogP) is 2.37. The van der Waals surface area contributed by atoms with E-state index in [1.165, 1.54) is 11.3 Å². The molecule has 0 saturated heterocycles. The molecule has 0 spiro atoms. The number of carbonyl (C=O) groups excluding carboxylic acids is 1. The number of amides is 2. The number of hydrogen-bond acceptors (Lipinski definition) is 4. The molecule has 0 aliphatic heterocycles. The van der Waals surface area contributed by atoms with Crippen LogP contribution in [0.4, 0.5) is 9.93 Å². The van der Waals surface area contributed by atoms with Crippen LogP contribution >= 0.6 is 11.3 Å². The number of anilines is 1. The summed E-state index contributed by atoms with van der Waals surface area (Å²) >= 11 is 1.28. The van der Waals surface area contributed by atoms with Gasteiger partial charge in [0, 0.05) is 32.7 Å². The second-order valence-electron chi connectivity index (χ2n) is 2.93. The van der Waals surface area contributed by atoms with Crippen LogP contribution in [0.3, 0.4) is 0 Å². The summed E-state index contributed by atoms with van der Waals surface area (Å²) < 4.78 is 0.880. The molecule has 16 heavy (non-hydrogen) atoms. The van der Waals surface area contributed by atoms with Gasteiger partial charge in [0.1, 0.15) is 5.13 Å². The Bertz CT molecular complexity index is 514. The Hall–Kier alpha value is -0.556. The smallest absolute Gasteiger partial charge is 0.155 e. The summed E-state index contributed by atoms with van der Waals surface area (Å²) in [6, 6.07) is 4.48. The second kappa shape index (κ2) is 5.68. The third kappa shape index (κ3) is 2.98. The molecule has 5 nitrogen and oxygen atoms in total. The summed E-state index contributed by atoms with van der Waals surface area (Å²) in [5.41, 5.74) is 8.30. The van der Waals surface area contributed by atoms with Gasteiger partial charge in [-0.3, -0.25) is 4.79 Å². The quantitative estimate of drug-likeness (QED) is 0.892. The summed E-state index contributed by atoms with van der Waals surface area (Å²) in [5.74, 6) is 0. The number of aliphatic hydroxyl groups excluding tert-OH is 1. The van der Waals surface area contributed by atoms with Crippen LogP contribution in [-0.2, 0) is 39.3 Å². The number of nitrogens with one attached hydrogen (secondary N) is 2. The van der Waals surface area contributed by atoms with E-state index in [1.807, 2.05) is 6.07 Å². The van der Waals surface area contributed by atoms with Crippen molar-refractivity contribution in [3.05, 3.63) is 29.5 Å².